The number of rotatable bonds is 2. The fourth-order valence-electron chi connectivity index (χ4n) is 1.33. The molecule has 1 atom stereocenters. The number of hydrogen-bond acceptors (Lipinski definition) is 2. The highest BCUT2D eigenvalue weighted by molar-refractivity contribution is 8.03. The van der Waals surface area contributed by atoms with E-state index in [0.29, 0.717) is 4.75 Å². The first-order chi connectivity index (χ1) is 4.62. The van der Waals surface area contributed by atoms with Crippen LogP contribution in [0.25, 0.3) is 0 Å². The second kappa shape index (κ2) is 2.97. The van der Waals surface area contributed by atoms with Crippen LogP contribution in [-0.4, -0.2) is 30.3 Å². The third-order valence-corrected chi connectivity index (χ3v) is 2.84. The third-order valence-electron chi connectivity index (χ3n) is 1.65. The van der Waals surface area contributed by atoms with Crippen molar-refractivity contribution >= 4 is 11.8 Å². The Kier molecular flexibility index (Phi) is 2.42. The standard InChI is InChI=1S/C8H15NS/c1-8(7-9(2)3)5-4-6-10-8/h4,6H,5,7H2,1-3H3. The molecule has 0 aromatic rings. The summed E-state index contributed by atoms with van der Waals surface area (Å²) in [6.07, 6.45) is 3.48. The maximum absolute atomic E-state index is 2.32. The van der Waals surface area contributed by atoms with Gasteiger partial charge in [-0.05, 0) is 32.8 Å². The molecule has 1 aliphatic rings. The molecule has 1 aliphatic heterocycles. The van der Waals surface area contributed by atoms with E-state index in [-0.39, 0.29) is 0 Å². The van der Waals surface area contributed by atoms with Crippen LogP contribution in [0.4, 0.5) is 0 Å². The Morgan fingerprint density at radius 3 is 2.70 bits per heavy atom. The Morgan fingerprint density at radius 2 is 2.30 bits per heavy atom. The van der Waals surface area contributed by atoms with Crippen molar-refractivity contribution < 1.29 is 0 Å². The average Bonchev–Trinajstić information content (AvgIpc) is 2.12. The average molecular weight is 157 g/mol. The summed E-state index contributed by atoms with van der Waals surface area (Å²) in [6, 6.07) is 0. The molecule has 1 nitrogen and oxygen atoms in total. The Balaban J connectivity index is 2.38. The molecule has 0 saturated carbocycles. The Morgan fingerprint density at radius 1 is 1.60 bits per heavy atom. The van der Waals surface area contributed by atoms with E-state index in [9.17, 15) is 0 Å². The molecule has 0 N–H and O–H groups in total. The lowest BCUT2D eigenvalue weighted by Crippen LogP contribution is -2.32. The lowest BCUT2D eigenvalue weighted by Gasteiger charge is -2.26. The third kappa shape index (κ3) is 2.03. The molecule has 1 unspecified atom stereocenters. The van der Waals surface area contributed by atoms with Crippen molar-refractivity contribution in [1.29, 1.82) is 0 Å². The highest BCUT2D eigenvalue weighted by atomic mass is 32.2. The summed E-state index contributed by atoms with van der Waals surface area (Å²) in [4.78, 5) is 2.25. The molecular formula is C8H15NS. The minimum Gasteiger partial charge on any atom is -0.308 e. The van der Waals surface area contributed by atoms with Gasteiger partial charge in [-0.2, -0.15) is 0 Å². The van der Waals surface area contributed by atoms with E-state index in [1.807, 2.05) is 11.8 Å². The summed E-state index contributed by atoms with van der Waals surface area (Å²) >= 11 is 1.95. The van der Waals surface area contributed by atoms with Crippen LogP contribution in [0, 0.1) is 0 Å². The molecule has 0 fully saturated rings. The van der Waals surface area contributed by atoms with E-state index in [2.05, 4.69) is 37.4 Å². The van der Waals surface area contributed by atoms with Crippen LogP contribution in [0.15, 0.2) is 11.5 Å². The molecule has 1 rings (SSSR count). The number of allylic oxidation sites excluding steroid dienone is 1. The van der Waals surface area contributed by atoms with E-state index >= 15 is 0 Å². The van der Waals surface area contributed by atoms with E-state index in [0.717, 1.165) is 0 Å². The van der Waals surface area contributed by atoms with Gasteiger partial charge in [0.2, 0.25) is 0 Å². The number of hydrogen-bond donors (Lipinski definition) is 0. The van der Waals surface area contributed by atoms with Crippen molar-refractivity contribution in [3.05, 3.63) is 11.5 Å². The minimum atomic E-state index is 0.448. The van der Waals surface area contributed by atoms with Gasteiger partial charge in [0.15, 0.2) is 0 Å². The van der Waals surface area contributed by atoms with Crippen molar-refractivity contribution in [2.45, 2.75) is 18.1 Å². The molecule has 0 radical (unpaired) electrons. The van der Waals surface area contributed by atoms with Crippen molar-refractivity contribution in [3.8, 4) is 0 Å². The van der Waals surface area contributed by atoms with Gasteiger partial charge < -0.3 is 4.90 Å². The Labute approximate surface area is 67.5 Å². The van der Waals surface area contributed by atoms with Gasteiger partial charge in [-0.25, -0.2) is 0 Å². The van der Waals surface area contributed by atoms with Gasteiger partial charge in [0, 0.05) is 11.3 Å². The van der Waals surface area contributed by atoms with Gasteiger partial charge in [0.1, 0.15) is 0 Å². The topological polar surface area (TPSA) is 3.24 Å². The first-order valence-electron chi connectivity index (χ1n) is 3.60. The summed E-state index contributed by atoms with van der Waals surface area (Å²) in [7, 11) is 4.26. The smallest absolute Gasteiger partial charge is 0.0334 e. The molecule has 10 heavy (non-hydrogen) atoms. The lowest BCUT2D eigenvalue weighted by atomic mass is 10.1. The van der Waals surface area contributed by atoms with E-state index in [4.69, 9.17) is 0 Å². The predicted octanol–water partition coefficient (Wildman–Crippen LogP) is 1.96. The zero-order chi connectivity index (χ0) is 7.61. The first-order valence-corrected chi connectivity index (χ1v) is 4.48. The molecule has 0 aromatic heterocycles. The monoisotopic (exact) mass is 157 g/mol. The maximum atomic E-state index is 2.32. The zero-order valence-electron chi connectivity index (χ0n) is 6.92. The molecule has 0 bridgehead atoms. The molecule has 0 saturated heterocycles. The molecule has 0 aliphatic carbocycles. The predicted molar refractivity (Wildman–Crippen MR) is 48.3 cm³/mol. The highest BCUT2D eigenvalue weighted by Crippen LogP contribution is 2.36. The van der Waals surface area contributed by atoms with Crippen molar-refractivity contribution in [3.63, 3.8) is 0 Å². The normalized spacial score (nSPS) is 32.0. The zero-order valence-corrected chi connectivity index (χ0v) is 7.74. The fourth-order valence-corrected chi connectivity index (χ4v) is 2.37. The highest BCUT2D eigenvalue weighted by Gasteiger charge is 2.26. The van der Waals surface area contributed by atoms with E-state index in [1.165, 1.54) is 13.0 Å². The Bertz CT molecular complexity index is 132. The SMILES string of the molecule is CN(C)CC1(C)CC=CS1. The molecule has 1 heterocycles. The van der Waals surface area contributed by atoms with Gasteiger partial charge in [0.25, 0.3) is 0 Å². The van der Waals surface area contributed by atoms with Crippen molar-refractivity contribution in [2.24, 2.45) is 0 Å². The molecule has 0 spiro atoms. The molecule has 0 amide bonds. The van der Waals surface area contributed by atoms with Crippen molar-refractivity contribution in [1.82, 2.24) is 4.90 Å². The molecule has 58 valence electrons. The first kappa shape index (κ1) is 8.15. The van der Waals surface area contributed by atoms with Crippen LogP contribution >= 0.6 is 11.8 Å². The second-order valence-electron chi connectivity index (χ2n) is 3.38. The van der Waals surface area contributed by atoms with Gasteiger partial charge in [0.05, 0.1) is 0 Å². The molecular weight excluding hydrogens is 142 g/mol. The second-order valence-corrected chi connectivity index (χ2v) is 4.87. The van der Waals surface area contributed by atoms with Gasteiger partial charge in [-0.15, -0.1) is 11.8 Å². The Hall–Kier alpha value is 0.0500. The summed E-state index contributed by atoms with van der Waals surface area (Å²) in [5, 5.41) is 2.21. The van der Waals surface area contributed by atoms with Crippen molar-refractivity contribution in [2.75, 3.05) is 20.6 Å². The van der Waals surface area contributed by atoms with E-state index < -0.39 is 0 Å². The van der Waals surface area contributed by atoms with Crippen LogP contribution in [-0.2, 0) is 0 Å². The lowest BCUT2D eigenvalue weighted by molar-refractivity contribution is 0.364. The van der Waals surface area contributed by atoms with Crippen LogP contribution in [0.3, 0.4) is 0 Å². The van der Waals surface area contributed by atoms with Crippen LogP contribution in [0.2, 0.25) is 0 Å². The van der Waals surface area contributed by atoms with Gasteiger partial charge in [-0.1, -0.05) is 6.08 Å². The summed E-state index contributed by atoms with van der Waals surface area (Å²) in [5.74, 6) is 0. The molecule has 2 heteroatoms. The number of thioether (sulfide) groups is 1. The van der Waals surface area contributed by atoms with Gasteiger partial charge in [-0.3, -0.25) is 0 Å². The minimum absolute atomic E-state index is 0.448. The summed E-state index contributed by atoms with van der Waals surface area (Å²) in [6.45, 7) is 3.49. The summed E-state index contributed by atoms with van der Waals surface area (Å²) < 4.78 is 0.448. The van der Waals surface area contributed by atoms with Crippen LogP contribution in [0.1, 0.15) is 13.3 Å². The van der Waals surface area contributed by atoms with Crippen LogP contribution < -0.4 is 0 Å². The number of nitrogens with zero attached hydrogens (tertiary/aromatic N) is 1. The van der Waals surface area contributed by atoms with E-state index in [1.54, 1.807) is 0 Å². The molecule has 0 aromatic carbocycles. The maximum Gasteiger partial charge on any atom is 0.0334 e. The van der Waals surface area contributed by atoms with Gasteiger partial charge >= 0.3 is 0 Å². The fraction of sp³-hybridized carbons (Fsp3) is 0.750. The largest absolute Gasteiger partial charge is 0.308 e. The summed E-state index contributed by atoms with van der Waals surface area (Å²) in [5.41, 5.74) is 0. The van der Waals surface area contributed by atoms with Crippen LogP contribution in [0.5, 0.6) is 0 Å². The quantitative estimate of drug-likeness (QED) is 0.603.